The maximum atomic E-state index is 12.4. The molecular formula is C18H24N4O4S. The van der Waals surface area contributed by atoms with E-state index >= 15 is 0 Å². The second kappa shape index (κ2) is 6.95. The third-order valence-electron chi connectivity index (χ3n) is 5.05. The van der Waals surface area contributed by atoms with Crippen LogP contribution in [0.4, 0.5) is 0 Å². The number of carbonyl (C=O) groups is 2. The van der Waals surface area contributed by atoms with E-state index in [0.29, 0.717) is 36.7 Å². The Morgan fingerprint density at radius 1 is 1.19 bits per heavy atom. The summed E-state index contributed by atoms with van der Waals surface area (Å²) in [5, 5.41) is 3.13. The summed E-state index contributed by atoms with van der Waals surface area (Å²) in [6.45, 7) is 4.66. The topological polar surface area (TPSA) is 99.2 Å². The van der Waals surface area contributed by atoms with E-state index in [9.17, 15) is 18.0 Å². The number of sulfone groups is 1. The first-order valence-corrected chi connectivity index (χ1v) is 10.5. The lowest BCUT2D eigenvalue weighted by Gasteiger charge is -2.39. The van der Waals surface area contributed by atoms with Crippen molar-refractivity contribution >= 4 is 27.6 Å². The van der Waals surface area contributed by atoms with E-state index in [1.165, 1.54) is 4.90 Å². The molecule has 0 unspecified atom stereocenters. The average molecular weight is 392 g/mol. The van der Waals surface area contributed by atoms with Crippen LogP contribution in [-0.2, 0) is 9.84 Å². The molecule has 1 N–H and O–H groups in total. The number of imide groups is 1. The number of fused-ring (bicyclic) bond motifs is 1. The highest BCUT2D eigenvalue weighted by atomic mass is 32.2. The minimum atomic E-state index is -3.14. The van der Waals surface area contributed by atoms with Crippen molar-refractivity contribution in [1.82, 2.24) is 15.1 Å². The third-order valence-corrected chi connectivity index (χ3v) is 7.58. The van der Waals surface area contributed by atoms with Crippen molar-refractivity contribution in [3.63, 3.8) is 0 Å². The zero-order valence-electron chi connectivity index (χ0n) is 15.7. The van der Waals surface area contributed by atoms with Gasteiger partial charge < -0.3 is 10.2 Å². The van der Waals surface area contributed by atoms with Gasteiger partial charge in [-0.1, -0.05) is 12.1 Å². The molecule has 2 amide bonds. The van der Waals surface area contributed by atoms with Gasteiger partial charge in [0, 0.05) is 33.2 Å². The van der Waals surface area contributed by atoms with Gasteiger partial charge in [-0.25, -0.2) is 8.42 Å². The van der Waals surface area contributed by atoms with Gasteiger partial charge in [-0.15, -0.1) is 0 Å². The Morgan fingerprint density at radius 2 is 1.78 bits per heavy atom. The number of hydrogen-bond acceptors (Lipinski definition) is 5. The number of guanidine groups is 1. The Kier molecular flexibility index (Phi) is 4.98. The lowest BCUT2D eigenvalue weighted by atomic mass is 10.1. The van der Waals surface area contributed by atoms with Gasteiger partial charge in [-0.2, -0.15) is 0 Å². The predicted octanol–water partition coefficient (Wildman–Crippen LogP) is 0.367. The van der Waals surface area contributed by atoms with Gasteiger partial charge in [0.15, 0.2) is 15.8 Å². The fourth-order valence-corrected chi connectivity index (χ4v) is 4.74. The number of rotatable bonds is 3. The smallest absolute Gasteiger partial charge is 0.261 e. The Labute approximate surface area is 159 Å². The van der Waals surface area contributed by atoms with Gasteiger partial charge in [0.05, 0.1) is 21.6 Å². The minimum absolute atomic E-state index is 0.0686. The van der Waals surface area contributed by atoms with Gasteiger partial charge in [0.25, 0.3) is 11.8 Å². The molecule has 1 saturated heterocycles. The van der Waals surface area contributed by atoms with Crippen molar-refractivity contribution in [3.8, 4) is 0 Å². The number of nitrogens with zero attached hydrogens (tertiary/aromatic N) is 3. The quantitative estimate of drug-likeness (QED) is 0.453. The van der Waals surface area contributed by atoms with E-state index < -0.39 is 14.6 Å². The molecule has 0 atom stereocenters. The molecule has 0 aromatic heterocycles. The lowest BCUT2D eigenvalue weighted by molar-refractivity contribution is 0.0657. The number of aliphatic imine (C=N–C) groups is 1. The molecule has 0 saturated carbocycles. The molecule has 9 heteroatoms. The molecular weight excluding hydrogens is 368 g/mol. The normalized spacial score (nSPS) is 21.4. The lowest BCUT2D eigenvalue weighted by Crippen LogP contribution is -2.57. The molecule has 2 aliphatic rings. The predicted molar refractivity (Wildman–Crippen MR) is 103 cm³/mol. The highest BCUT2D eigenvalue weighted by Gasteiger charge is 2.41. The summed E-state index contributed by atoms with van der Waals surface area (Å²) in [6, 6.07) is 6.77. The van der Waals surface area contributed by atoms with Crippen LogP contribution in [-0.4, -0.2) is 79.7 Å². The van der Waals surface area contributed by atoms with Crippen molar-refractivity contribution in [2.24, 2.45) is 4.99 Å². The standard InChI is InChI=1S/C18H24N4O4S/c1-18(2)12-21(10-11-27(18,25)26)17(19-3)20-8-9-22-15(23)13-6-4-5-7-14(13)16(22)24/h4-7H,8-12H2,1-3H3,(H,19,20). The van der Waals surface area contributed by atoms with E-state index in [0.717, 1.165) is 0 Å². The molecule has 27 heavy (non-hydrogen) atoms. The first-order valence-electron chi connectivity index (χ1n) is 8.81. The van der Waals surface area contributed by atoms with E-state index in [2.05, 4.69) is 10.3 Å². The SMILES string of the molecule is CN=C(NCCN1C(=O)c2ccccc2C1=O)N1CCS(=O)(=O)C(C)(C)C1. The summed E-state index contributed by atoms with van der Waals surface area (Å²) in [7, 11) is -1.51. The number of nitrogens with one attached hydrogen (secondary N) is 1. The van der Waals surface area contributed by atoms with Gasteiger partial charge in [0.1, 0.15) is 0 Å². The Morgan fingerprint density at radius 3 is 2.30 bits per heavy atom. The molecule has 0 radical (unpaired) electrons. The number of hydrogen-bond donors (Lipinski definition) is 1. The van der Waals surface area contributed by atoms with Gasteiger partial charge in [-0.3, -0.25) is 19.5 Å². The fourth-order valence-electron chi connectivity index (χ4n) is 3.38. The third kappa shape index (κ3) is 3.43. The van der Waals surface area contributed by atoms with Crippen LogP contribution in [0.2, 0.25) is 0 Å². The summed E-state index contributed by atoms with van der Waals surface area (Å²) in [5.41, 5.74) is 0.852. The maximum Gasteiger partial charge on any atom is 0.261 e. The van der Waals surface area contributed by atoms with Crippen molar-refractivity contribution in [3.05, 3.63) is 35.4 Å². The van der Waals surface area contributed by atoms with Crippen molar-refractivity contribution < 1.29 is 18.0 Å². The summed E-state index contributed by atoms with van der Waals surface area (Å²) in [4.78, 5) is 32.1. The largest absolute Gasteiger partial charge is 0.354 e. The van der Waals surface area contributed by atoms with E-state index in [4.69, 9.17) is 0 Å². The summed E-state index contributed by atoms with van der Waals surface area (Å²) in [6.07, 6.45) is 0. The molecule has 1 aromatic rings. The van der Waals surface area contributed by atoms with Gasteiger partial charge in [0.2, 0.25) is 0 Å². The molecule has 3 rings (SSSR count). The minimum Gasteiger partial charge on any atom is -0.354 e. The molecule has 0 bridgehead atoms. The highest BCUT2D eigenvalue weighted by molar-refractivity contribution is 7.92. The maximum absolute atomic E-state index is 12.4. The zero-order chi connectivity index (χ0) is 19.8. The van der Waals surface area contributed by atoms with Gasteiger partial charge in [-0.05, 0) is 26.0 Å². The van der Waals surface area contributed by atoms with Crippen LogP contribution in [0.1, 0.15) is 34.6 Å². The highest BCUT2D eigenvalue weighted by Crippen LogP contribution is 2.24. The number of benzene rings is 1. The fraction of sp³-hybridized carbons (Fsp3) is 0.500. The van der Waals surface area contributed by atoms with E-state index in [1.54, 1.807) is 45.2 Å². The first-order chi connectivity index (χ1) is 12.7. The second-order valence-electron chi connectivity index (χ2n) is 7.28. The molecule has 0 spiro atoms. The van der Waals surface area contributed by atoms with Crippen LogP contribution in [0.25, 0.3) is 0 Å². The van der Waals surface area contributed by atoms with Crippen molar-refractivity contribution in [2.75, 3.05) is 39.0 Å². The molecule has 8 nitrogen and oxygen atoms in total. The Hall–Kier alpha value is -2.42. The zero-order valence-corrected chi connectivity index (χ0v) is 16.5. The first kappa shape index (κ1) is 19.3. The Bertz CT molecular complexity index is 873. The van der Waals surface area contributed by atoms with Gasteiger partial charge >= 0.3 is 0 Å². The van der Waals surface area contributed by atoms with Crippen molar-refractivity contribution in [2.45, 2.75) is 18.6 Å². The monoisotopic (exact) mass is 392 g/mol. The number of carbonyl (C=O) groups excluding carboxylic acids is 2. The van der Waals surface area contributed by atoms with E-state index in [1.807, 2.05) is 4.90 Å². The molecule has 1 aromatic carbocycles. The summed E-state index contributed by atoms with van der Waals surface area (Å²) >= 11 is 0. The summed E-state index contributed by atoms with van der Waals surface area (Å²) < 4.78 is 23.5. The molecule has 146 valence electrons. The van der Waals surface area contributed by atoms with E-state index in [-0.39, 0.29) is 24.1 Å². The number of amides is 2. The molecule has 1 fully saturated rings. The van der Waals surface area contributed by atoms with Crippen LogP contribution >= 0.6 is 0 Å². The van der Waals surface area contributed by atoms with Crippen LogP contribution in [0.5, 0.6) is 0 Å². The van der Waals surface area contributed by atoms with Crippen molar-refractivity contribution in [1.29, 1.82) is 0 Å². The van der Waals surface area contributed by atoms with Crippen LogP contribution < -0.4 is 5.32 Å². The molecule has 0 aliphatic carbocycles. The average Bonchev–Trinajstić information content (AvgIpc) is 2.86. The second-order valence-corrected chi connectivity index (χ2v) is 10.0. The Balaban J connectivity index is 1.60. The van der Waals surface area contributed by atoms with Crippen LogP contribution in [0.3, 0.4) is 0 Å². The molecule has 2 heterocycles. The van der Waals surface area contributed by atoms with Crippen LogP contribution in [0, 0.1) is 0 Å². The summed E-state index contributed by atoms with van der Waals surface area (Å²) in [5.74, 6) is 0.0452. The van der Waals surface area contributed by atoms with Crippen LogP contribution in [0.15, 0.2) is 29.3 Å². The molecule has 2 aliphatic heterocycles.